The minimum Gasteiger partial charge on any atom is -0.478 e. The molecule has 3 aromatic heterocycles. The Balaban J connectivity index is 1.24. The molecule has 13 rings (SSSR count). The van der Waals surface area contributed by atoms with Crippen LogP contribution in [0.15, 0.2) is 194 Å². The zero-order valence-electron chi connectivity index (χ0n) is 61.8. The van der Waals surface area contributed by atoms with Gasteiger partial charge < -0.3 is 51.7 Å². The van der Waals surface area contributed by atoms with Crippen LogP contribution >= 0.6 is 47.0 Å². The molecule has 0 unspecified atom stereocenters. The quantitative estimate of drug-likeness (QED) is 0.0269. The van der Waals surface area contributed by atoms with Crippen molar-refractivity contribution in [2.45, 2.75) is 27.7 Å². The summed E-state index contributed by atoms with van der Waals surface area (Å²) in [6, 6.07) is 52.1. The molecule has 0 saturated carbocycles. The fourth-order valence-corrected chi connectivity index (χ4v) is 14.9. The molecule has 28 heteroatoms. The maximum Gasteiger partial charge on any atom is 0.335 e. The summed E-state index contributed by atoms with van der Waals surface area (Å²) in [5, 5.41) is 52.0. The number of hydrogen-bond donors (Lipinski definition) is 10. The van der Waals surface area contributed by atoms with E-state index in [4.69, 9.17) is 9.97 Å². The van der Waals surface area contributed by atoms with Crippen LogP contribution in [0.4, 0.5) is 22.7 Å². The van der Waals surface area contributed by atoms with Crippen molar-refractivity contribution < 1.29 is 78.0 Å². The van der Waals surface area contributed by atoms with Gasteiger partial charge in [0.25, 0.3) is 0 Å². The largest absolute Gasteiger partial charge is 0.478 e. The van der Waals surface area contributed by atoms with Gasteiger partial charge in [-0.05, 0) is 190 Å². The highest BCUT2D eigenvalue weighted by atomic mass is 32.2. The lowest BCUT2D eigenvalue weighted by molar-refractivity contribution is -0.114. The first-order chi connectivity index (χ1) is 55.7. The van der Waals surface area contributed by atoms with Gasteiger partial charge in [0.05, 0.1) is 68.0 Å². The molecule has 2 aliphatic heterocycles. The van der Waals surface area contributed by atoms with Crippen molar-refractivity contribution in [1.82, 2.24) is 19.9 Å². The smallest absolute Gasteiger partial charge is 0.335 e. The fraction of sp³-hybridized carbons (Fsp3) is 0.0909. The van der Waals surface area contributed by atoms with E-state index in [1.54, 1.807) is 170 Å². The number of rotatable bonds is 24. The molecule has 0 aliphatic carbocycles. The number of carbonyl (C=O) groups excluding carboxylic acids is 8. The van der Waals surface area contributed by atoms with Gasteiger partial charge in [0.2, 0.25) is 23.6 Å². The molecule has 116 heavy (non-hydrogen) atoms. The maximum atomic E-state index is 14.3. The Bertz CT molecular complexity index is 5540. The van der Waals surface area contributed by atoms with Gasteiger partial charge in [0.15, 0.2) is 20.5 Å². The summed E-state index contributed by atoms with van der Waals surface area (Å²) in [5.74, 6) is -8.35. The van der Waals surface area contributed by atoms with E-state index in [0.717, 1.165) is 47.0 Å². The topological polar surface area (TPSA) is 391 Å². The van der Waals surface area contributed by atoms with Gasteiger partial charge >= 0.3 is 23.9 Å². The van der Waals surface area contributed by atoms with Crippen molar-refractivity contribution in [3.63, 3.8) is 0 Å². The van der Waals surface area contributed by atoms with E-state index in [2.05, 4.69) is 31.2 Å². The summed E-state index contributed by atoms with van der Waals surface area (Å²) < 4.78 is 0. The monoisotopic (exact) mass is 1620 g/mol. The van der Waals surface area contributed by atoms with Gasteiger partial charge in [-0.25, -0.2) is 29.1 Å². The van der Waals surface area contributed by atoms with E-state index in [-0.39, 0.29) is 156 Å². The molecule has 11 aromatic rings. The van der Waals surface area contributed by atoms with E-state index in [0.29, 0.717) is 66.6 Å². The van der Waals surface area contributed by atoms with Gasteiger partial charge in [0, 0.05) is 117 Å². The zero-order chi connectivity index (χ0) is 82.2. The Kier molecular flexibility index (Phi) is 24.3. The van der Waals surface area contributed by atoms with Crippen LogP contribution in [-0.4, -0.2) is 131 Å². The molecular weight excluding hydrogens is 1550 g/mol. The van der Waals surface area contributed by atoms with Gasteiger partial charge in [0.1, 0.15) is 0 Å². The molecular formula is C88H66N8O16S4. The number of aromatic nitrogens is 4. The molecule has 2 aliphatic rings. The first-order valence-corrected chi connectivity index (χ1v) is 39.4. The lowest BCUT2D eigenvalue weighted by Crippen LogP contribution is -2.15. The molecule has 0 atom stereocenters. The van der Waals surface area contributed by atoms with E-state index >= 15 is 0 Å². The van der Waals surface area contributed by atoms with E-state index in [9.17, 15) is 78.0 Å². The highest BCUT2D eigenvalue weighted by Crippen LogP contribution is 2.47. The van der Waals surface area contributed by atoms with Crippen LogP contribution in [0.5, 0.6) is 0 Å². The van der Waals surface area contributed by atoms with E-state index < -0.39 is 47.5 Å². The number of aromatic amines is 2. The lowest BCUT2D eigenvalue weighted by Gasteiger charge is -2.16. The fourth-order valence-electron chi connectivity index (χ4n) is 13.2. The lowest BCUT2D eigenvalue weighted by atomic mass is 9.95. The number of H-pyrrole nitrogens is 2. The van der Waals surface area contributed by atoms with Crippen molar-refractivity contribution in [2.24, 2.45) is 0 Å². The van der Waals surface area contributed by atoms with Crippen LogP contribution in [0.25, 0.3) is 135 Å². The molecule has 578 valence electrons. The van der Waals surface area contributed by atoms with Crippen LogP contribution in [0, 0.1) is 0 Å². The molecule has 0 spiro atoms. The zero-order valence-corrected chi connectivity index (χ0v) is 65.1. The number of nitrogens with zero attached hydrogens (tertiary/aromatic N) is 2. The van der Waals surface area contributed by atoms with Crippen LogP contribution < -0.4 is 21.3 Å². The van der Waals surface area contributed by atoms with E-state index in [1.807, 2.05) is 0 Å². The number of carboxylic acid groups (broad SMARTS) is 4. The molecule has 8 aromatic carbocycles. The van der Waals surface area contributed by atoms with Crippen LogP contribution in [0.3, 0.4) is 0 Å². The van der Waals surface area contributed by atoms with Crippen molar-refractivity contribution in [2.75, 3.05) is 44.3 Å². The molecule has 5 heterocycles. The predicted octanol–water partition coefficient (Wildman–Crippen LogP) is 17.7. The Morgan fingerprint density at radius 1 is 0.284 bits per heavy atom. The minimum atomic E-state index is -1.20. The Morgan fingerprint density at radius 3 is 0.690 bits per heavy atom. The number of anilines is 4. The van der Waals surface area contributed by atoms with E-state index in [1.165, 1.54) is 76.2 Å². The van der Waals surface area contributed by atoms with Crippen molar-refractivity contribution in [3.8, 4) is 89.0 Å². The molecule has 4 amide bonds. The van der Waals surface area contributed by atoms with Crippen molar-refractivity contribution >= 4 is 184 Å². The summed E-state index contributed by atoms with van der Waals surface area (Å²) in [4.78, 5) is 176. The number of nitrogens with one attached hydrogen (secondary N) is 6. The van der Waals surface area contributed by atoms with Gasteiger partial charge in [-0.3, -0.25) is 38.4 Å². The number of hydrogen-bond acceptors (Lipinski definition) is 18. The predicted molar refractivity (Wildman–Crippen MR) is 457 cm³/mol. The van der Waals surface area contributed by atoms with Crippen LogP contribution in [0.2, 0.25) is 0 Å². The average Bonchev–Trinajstić information content (AvgIpc) is 1.58. The number of benzene rings is 8. The van der Waals surface area contributed by atoms with Crippen LogP contribution in [0.1, 0.15) is 91.9 Å². The summed E-state index contributed by atoms with van der Waals surface area (Å²) in [6.07, 6.45) is 6.84. The number of amides is 4. The third-order valence-electron chi connectivity index (χ3n) is 18.4. The maximum absolute atomic E-state index is 14.3. The third kappa shape index (κ3) is 18.6. The number of aromatic carboxylic acids is 4. The van der Waals surface area contributed by atoms with Gasteiger partial charge in [-0.15, -0.1) is 0 Å². The first-order valence-electron chi connectivity index (χ1n) is 35.5. The molecule has 0 fully saturated rings. The first kappa shape index (κ1) is 80.3. The molecule has 0 radical (unpaired) electrons. The Morgan fingerprint density at radius 2 is 0.491 bits per heavy atom. The van der Waals surface area contributed by atoms with Crippen molar-refractivity contribution in [1.29, 1.82) is 0 Å². The average molecular weight is 1620 g/mol. The summed E-state index contributed by atoms with van der Waals surface area (Å²) >= 11 is 3.10. The summed E-state index contributed by atoms with van der Waals surface area (Å²) in [6.45, 7) is 5.30. The number of carbonyl (C=O) groups is 12. The van der Waals surface area contributed by atoms with Crippen molar-refractivity contribution in [3.05, 3.63) is 239 Å². The second-order valence-corrected chi connectivity index (χ2v) is 31.0. The minimum absolute atomic E-state index is 0.0352. The Hall–Kier alpha value is -13.8. The van der Waals surface area contributed by atoms with Gasteiger partial charge in [-0.1, -0.05) is 120 Å². The molecule has 24 nitrogen and oxygen atoms in total. The third-order valence-corrected chi connectivity index (χ3v) is 21.7. The molecule has 0 saturated heterocycles. The second kappa shape index (κ2) is 35.1. The normalized spacial score (nSPS) is 11.3. The number of thioether (sulfide) groups is 4. The highest BCUT2D eigenvalue weighted by molar-refractivity contribution is 8.14. The number of fused-ring (bicyclic) bond motifs is 8. The summed E-state index contributed by atoms with van der Waals surface area (Å²) in [7, 11) is 0. The van der Waals surface area contributed by atoms with Gasteiger partial charge in [-0.2, -0.15) is 0 Å². The number of carboxylic acids is 4. The van der Waals surface area contributed by atoms with Crippen LogP contribution in [-0.2, 0) is 38.4 Å². The Labute approximate surface area is 677 Å². The highest BCUT2D eigenvalue weighted by Gasteiger charge is 2.27. The molecule has 8 bridgehead atoms. The second-order valence-electron chi connectivity index (χ2n) is 26.4. The molecule has 10 N–H and O–H groups in total. The standard InChI is InChI=1S/C88H66N8O16S4/c1-45(97)113-41-77(101)93-65-21-17-53(49-9-5-13-57(33-49)85(105)106)37-61(65)81-69-25-27-71(89-69)82(62-38-54(50-10-6-14-58(34-50)86(107)108)18-22-66(62)94-78(102)42-114-46(2)98)73-29-31-75(91-73)84(64-40-56(52-12-8-16-60(36-52)88(111)112)20-24-68(64)96-80(104)44-116-48(4)100)76-32-30-74(92-76)83(72-28-26-70(81)90-72)63-39-55(51-11-7-15-59(35-51)87(109)110)19-23-67(63)95-79(103)43-115-47(3)99/h5-40,89,92H,41-44H2,1-4H3,(H,93,101)(H,94,102)(H,95,103)(H,96,104)(H,105,106)(H,107,108)(H,109,110)(H,111,112). The summed E-state index contributed by atoms with van der Waals surface area (Å²) in [5.41, 5.74) is 8.54. The SMILES string of the molecule is CC(=O)SCC(=O)Nc1ccc(-c2cccc(C(=O)O)c2)cc1-c1c2nc(c(-c3cc(-c4cccc(C(=O)O)c4)ccc3NC(=O)CSC(C)=O)c3ccc([nH]3)c(-c3cc(-c4cccc(C(=O)O)c4)ccc3NC(=O)CSC(C)=O)c3nc(c(-c4cc(-c5cccc(C(=O)O)c5)ccc4NC(=O)CSC(C)=O)c4ccc1[nH]4)C=C3)C=C2.